The Morgan fingerprint density at radius 3 is 2.78 bits per heavy atom. The van der Waals surface area contributed by atoms with E-state index >= 15 is 0 Å². The van der Waals surface area contributed by atoms with Gasteiger partial charge in [0.25, 0.3) is 5.56 Å². The molecule has 0 spiro atoms. The Bertz CT molecular complexity index is 1260. The smallest absolute Gasteiger partial charge is 0.278 e. The molecule has 2 aromatic heterocycles. The van der Waals surface area contributed by atoms with Crippen LogP contribution in [-0.4, -0.2) is 22.1 Å². The molecule has 1 N–H and O–H groups in total. The summed E-state index contributed by atoms with van der Waals surface area (Å²) in [7, 11) is 0. The summed E-state index contributed by atoms with van der Waals surface area (Å²) in [6.07, 6.45) is 0. The average molecular weight is 379 g/mol. The maximum Gasteiger partial charge on any atom is 0.278 e. The number of amides is 1. The molecule has 0 aliphatic carbocycles. The summed E-state index contributed by atoms with van der Waals surface area (Å²) in [5.41, 5.74) is -0.207. The fourth-order valence-electron chi connectivity index (χ4n) is 2.72. The minimum atomic E-state index is -0.670. The molecule has 3 aromatic rings. The predicted molar refractivity (Wildman–Crippen MR) is 94.6 cm³/mol. The number of hydrogen-bond acceptors (Lipinski definition) is 8. The van der Waals surface area contributed by atoms with Crippen LogP contribution >= 0.6 is 11.3 Å². The average Bonchev–Trinajstić information content (AvgIpc) is 3.24. The number of thiazole rings is 1. The molecule has 9 nitrogen and oxygen atoms in total. The molecule has 0 unspecified atom stereocenters. The molecule has 0 saturated carbocycles. The van der Waals surface area contributed by atoms with Crippen molar-refractivity contribution in [3.8, 4) is 34.9 Å². The number of nitrogens with one attached hydrogen (secondary N) is 1. The summed E-state index contributed by atoms with van der Waals surface area (Å²) in [4.78, 5) is 29.1. The molecule has 3 heterocycles. The van der Waals surface area contributed by atoms with Gasteiger partial charge < -0.3 is 14.8 Å². The summed E-state index contributed by atoms with van der Waals surface area (Å²) in [5.74, 6) is 0.611. The molecule has 10 heteroatoms. The Morgan fingerprint density at radius 2 is 2.07 bits per heavy atom. The van der Waals surface area contributed by atoms with Crippen LogP contribution in [0.2, 0.25) is 0 Å². The number of hydrogen-bond donors (Lipinski definition) is 1. The van der Waals surface area contributed by atoms with E-state index in [-0.39, 0.29) is 33.7 Å². The molecular weight excluding hydrogens is 370 g/mol. The van der Waals surface area contributed by atoms with Crippen molar-refractivity contribution in [2.45, 2.75) is 6.92 Å². The van der Waals surface area contributed by atoms with Crippen LogP contribution in [0.25, 0.3) is 16.2 Å². The van der Waals surface area contributed by atoms with Crippen LogP contribution in [0.1, 0.15) is 17.4 Å². The zero-order chi connectivity index (χ0) is 19.1. The van der Waals surface area contributed by atoms with Crippen LogP contribution in [-0.2, 0) is 4.79 Å². The Balaban J connectivity index is 2.01. The number of carbonyl (C=O) groups is 1. The number of benzene rings is 1. The Hall–Kier alpha value is -3.89. The third-order valence-corrected chi connectivity index (χ3v) is 4.78. The highest BCUT2D eigenvalue weighted by Gasteiger charge is 2.23. The second kappa shape index (κ2) is 6.12. The number of ether oxygens (including phenoxy) is 2. The maximum absolute atomic E-state index is 12.9. The van der Waals surface area contributed by atoms with Crippen molar-refractivity contribution >= 4 is 28.0 Å². The van der Waals surface area contributed by atoms with Crippen LogP contribution in [0.5, 0.6) is 11.5 Å². The van der Waals surface area contributed by atoms with Crippen molar-refractivity contribution in [3.63, 3.8) is 0 Å². The van der Waals surface area contributed by atoms with Crippen molar-refractivity contribution in [3.05, 3.63) is 39.0 Å². The standard InChI is InChI=1S/C17H9N5O4S/c1-8(23)20-15-13(6-19)27-17-21-14(10(5-18)16(24)22(15)17)9-2-3-11-12(4-9)26-7-25-11/h2-4H,7H2,1H3,(H,20,23). The zero-order valence-corrected chi connectivity index (χ0v) is 14.6. The van der Waals surface area contributed by atoms with Gasteiger partial charge in [-0.1, -0.05) is 11.3 Å². The topological polar surface area (TPSA) is 130 Å². The Labute approximate surface area is 155 Å². The number of fused-ring (bicyclic) bond motifs is 2. The van der Waals surface area contributed by atoms with Crippen LogP contribution in [0, 0.1) is 22.7 Å². The van der Waals surface area contributed by atoms with Crippen LogP contribution in [0.3, 0.4) is 0 Å². The molecule has 0 fully saturated rings. The van der Waals surface area contributed by atoms with Crippen LogP contribution < -0.4 is 20.3 Å². The molecule has 1 aliphatic heterocycles. The number of rotatable bonds is 2. The van der Waals surface area contributed by atoms with Crippen LogP contribution in [0.4, 0.5) is 5.82 Å². The third kappa shape index (κ3) is 2.56. The highest BCUT2D eigenvalue weighted by molar-refractivity contribution is 7.18. The van der Waals surface area contributed by atoms with Gasteiger partial charge in [-0.3, -0.25) is 9.59 Å². The van der Waals surface area contributed by atoms with Gasteiger partial charge in [0.05, 0.1) is 5.69 Å². The van der Waals surface area contributed by atoms with E-state index in [1.165, 1.54) is 6.92 Å². The van der Waals surface area contributed by atoms with Crippen LogP contribution in [0.15, 0.2) is 23.0 Å². The predicted octanol–water partition coefficient (Wildman–Crippen LogP) is 1.85. The van der Waals surface area contributed by atoms with Gasteiger partial charge in [-0.25, -0.2) is 9.38 Å². The van der Waals surface area contributed by atoms with Crippen molar-refractivity contribution in [2.24, 2.45) is 0 Å². The minimum absolute atomic E-state index is 0.0104. The summed E-state index contributed by atoms with van der Waals surface area (Å²) in [6, 6.07) is 8.77. The molecule has 0 radical (unpaired) electrons. The van der Waals surface area contributed by atoms with E-state index in [9.17, 15) is 20.1 Å². The monoisotopic (exact) mass is 379 g/mol. The van der Waals surface area contributed by atoms with E-state index in [1.807, 2.05) is 12.1 Å². The number of aromatic nitrogens is 2. The largest absolute Gasteiger partial charge is 0.454 e. The van der Waals surface area contributed by atoms with Gasteiger partial charge in [-0.05, 0) is 18.2 Å². The first-order valence-corrected chi connectivity index (χ1v) is 8.42. The van der Waals surface area contributed by atoms with E-state index in [1.54, 1.807) is 18.2 Å². The maximum atomic E-state index is 12.9. The summed E-state index contributed by atoms with van der Waals surface area (Å²) >= 11 is 0.944. The molecule has 4 rings (SSSR count). The molecule has 27 heavy (non-hydrogen) atoms. The van der Waals surface area contributed by atoms with Crippen molar-refractivity contribution < 1.29 is 14.3 Å². The SMILES string of the molecule is CC(=O)Nc1c(C#N)sc2nc(-c3ccc4c(c3)OCO4)c(C#N)c(=O)n12. The molecule has 0 atom stereocenters. The first kappa shape index (κ1) is 16.6. The molecule has 132 valence electrons. The van der Waals surface area contributed by atoms with E-state index in [2.05, 4.69) is 10.3 Å². The lowest BCUT2D eigenvalue weighted by Crippen LogP contribution is -2.22. The number of nitriles is 2. The van der Waals surface area contributed by atoms with E-state index < -0.39 is 11.5 Å². The lowest BCUT2D eigenvalue weighted by atomic mass is 10.1. The number of nitrogens with zero attached hydrogens (tertiary/aromatic N) is 4. The first-order valence-electron chi connectivity index (χ1n) is 7.61. The normalized spacial score (nSPS) is 11.8. The summed E-state index contributed by atoms with van der Waals surface area (Å²) < 4.78 is 11.7. The van der Waals surface area contributed by atoms with E-state index in [0.717, 1.165) is 15.7 Å². The van der Waals surface area contributed by atoms with Crippen molar-refractivity contribution in [1.82, 2.24) is 9.38 Å². The fraction of sp³-hybridized carbons (Fsp3) is 0.118. The molecule has 0 saturated heterocycles. The van der Waals surface area contributed by atoms with Gasteiger partial charge in [0.2, 0.25) is 12.7 Å². The van der Waals surface area contributed by atoms with Gasteiger partial charge in [0, 0.05) is 12.5 Å². The zero-order valence-electron chi connectivity index (χ0n) is 13.8. The second-order valence-corrected chi connectivity index (χ2v) is 6.49. The number of anilines is 1. The van der Waals surface area contributed by atoms with Gasteiger partial charge in [-0.15, -0.1) is 0 Å². The summed E-state index contributed by atoms with van der Waals surface area (Å²) in [6.45, 7) is 1.35. The van der Waals surface area contributed by atoms with E-state index in [4.69, 9.17) is 9.47 Å². The fourth-order valence-corrected chi connectivity index (χ4v) is 3.59. The lowest BCUT2D eigenvalue weighted by molar-refractivity contribution is -0.114. The Morgan fingerprint density at radius 1 is 1.30 bits per heavy atom. The van der Waals surface area contributed by atoms with E-state index in [0.29, 0.717) is 17.1 Å². The lowest BCUT2D eigenvalue weighted by Gasteiger charge is -2.07. The molecule has 1 aromatic carbocycles. The highest BCUT2D eigenvalue weighted by atomic mass is 32.1. The summed E-state index contributed by atoms with van der Waals surface area (Å²) in [5, 5.41) is 21.3. The third-order valence-electron chi connectivity index (χ3n) is 3.84. The number of carbonyl (C=O) groups excluding carboxylic acids is 1. The first-order chi connectivity index (χ1) is 13.0. The quantitative estimate of drug-likeness (QED) is 0.719. The van der Waals surface area contributed by atoms with Gasteiger partial charge in [-0.2, -0.15) is 10.5 Å². The second-order valence-electron chi connectivity index (χ2n) is 5.51. The van der Waals surface area contributed by atoms with Gasteiger partial charge in [0.15, 0.2) is 22.3 Å². The highest BCUT2D eigenvalue weighted by Crippen LogP contribution is 2.36. The molecule has 1 aliphatic rings. The molecular formula is C17H9N5O4S. The van der Waals surface area contributed by atoms with Gasteiger partial charge in [0.1, 0.15) is 22.6 Å². The minimum Gasteiger partial charge on any atom is -0.454 e. The molecule has 1 amide bonds. The Kier molecular flexibility index (Phi) is 3.76. The molecule has 0 bridgehead atoms. The van der Waals surface area contributed by atoms with Crippen molar-refractivity contribution in [1.29, 1.82) is 10.5 Å². The van der Waals surface area contributed by atoms with Gasteiger partial charge >= 0.3 is 0 Å². The van der Waals surface area contributed by atoms with Crippen molar-refractivity contribution in [2.75, 3.05) is 12.1 Å².